The van der Waals surface area contributed by atoms with Crippen molar-refractivity contribution in [2.24, 2.45) is 5.92 Å². The maximum atomic E-state index is 13.5. The summed E-state index contributed by atoms with van der Waals surface area (Å²) in [7, 11) is 0. The lowest BCUT2D eigenvalue weighted by Crippen LogP contribution is -2.36. The van der Waals surface area contributed by atoms with E-state index in [1.54, 1.807) is 28.1 Å². The first-order valence-corrected chi connectivity index (χ1v) is 11.2. The van der Waals surface area contributed by atoms with E-state index >= 15 is 0 Å². The van der Waals surface area contributed by atoms with Crippen molar-refractivity contribution in [3.8, 4) is 0 Å². The van der Waals surface area contributed by atoms with Gasteiger partial charge in [0, 0.05) is 32.3 Å². The van der Waals surface area contributed by atoms with Crippen LogP contribution in [0.5, 0.6) is 0 Å². The van der Waals surface area contributed by atoms with Gasteiger partial charge >= 0.3 is 0 Å². The predicted molar refractivity (Wildman–Crippen MR) is 125 cm³/mol. The Hall–Kier alpha value is -2.89. The van der Waals surface area contributed by atoms with Crippen LogP contribution in [0.25, 0.3) is 0 Å². The van der Waals surface area contributed by atoms with Gasteiger partial charge in [-0.3, -0.25) is 14.6 Å². The number of hydrogen-bond donors (Lipinski definition) is 0. The Morgan fingerprint density at radius 1 is 0.969 bits per heavy atom. The number of carbonyl (C=O) groups excluding carboxylic acids is 2. The second-order valence-electron chi connectivity index (χ2n) is 7.92. The van der Waals surface area contributed by atoms with Crippen LogP contribution in [0, 0.1) is 5.92 Å². The Morgan fingerprint density at radius 2 is 1.75 bits per heavy atom. The molecule has 0 bridgehead atoms. The van der Waals surface area contributed by atoms with E-state index in [1.807, 2.05) is 54.6 Å². The van der Waals surface area contributed by atoms with Crippen LogP contribution >= 0.6 is 23.2 Å². The molecule has 2 aromatic carbocycles. The van der Waals surface area contributed by atoms with Gasteiger partial charge in [0.2, 0.25) is 11.8 Å². The normalized spacial score (nSPS) is 15.8. The third-order valence-electron chi connectivity index (χ3n) is 5.53. The molecule has 7 heteroatoms. The Morgan fingerprint density at radius 3 is 2.47 bits per heavy atom. The van der Waals surface area contributed by atoms with Gasteiger partial charge in [-0.15, -0.1) is 0 Å². The smallest absolute Gasteiger partial charge is 0.228 e. The molecule has 1 aromatic heterocycles. The number of amides is 2. The van der Waals surface area contributed by atoms with Gasteiger partial charge in [-0.05, 0) is 35.4 Å². The number of hydrogen-bond acceptors (Lipinski definition) is 3. The van der Waals surface area contributed by atoms with Crippen LogP contribution in [0.3, 0.4) is 0 Å². The first kappa shape index (κ1) is 22.3. The number of nitrogens with zero attached hydrogens (tertiary/aromatic N) is 3. The molecule has 4 rings (SSSR count). The lowest BCUT2D eigenvalue weighted by Gasteiger charge is -2.26. The number of aromatic nitrogens is 1. The summed E-state index contributed by atoms with van der Waals surface area (Å²) < 4.78 is 0. The molecule has 0 aliphatic carbocycles. The average Bonchev–Trinajstić information content (AvgIpc) is 3.17. The number of benzene rings is 2. The van der Waals surface area contributed by atoms with Crippen LogP contribution in [0.4, 0.5) is 0 Å². The first-order valence-electron chi connectivity index (χ1n) is 10.4. The quantitative estimate of drug-likeness (QED) is 0.492. The predicted octanol–water partition coefficient (Wildman–Crippen LogP) is 4.97. The highest BCUT2D eigenvalue weighted by atomic mass is 35.5. The molecular formula is C25H23Cl2N3O2. The van der Waals surface area contributed by atoms with Gasteiger partial charge in [0.15, 0.2) is 0 Å². The Labute approximate surface area is 197 Å². The number of likely N-dealkylation sites (tertiary alicyclic amines) is 1. The fraction of sp³-hybridized carbons (Fsp3) is 0.240. The van der Waals surface area contributed by atoms with Crippen LogP contribution in [0.15, 0.2) is 72.9 Å². The minimum Gasteiger partial charge on any atom is -0.338 e. The van der Waals surface area contributed by atoms with E-state index in [9.17, 15) is 9.59 Å². The largest absolute Gasteiger partial charge is 0.338 e. The molecule has 0 N–H and O–H groups in total. The molecular weight excluding hydrogens is 445 g/mol. The Bertz CT molecular complexity index is 1090. The maximum Gasteiger partial charge on any atom is 0.228 e. The summed E-state index contributed by atoms with van der Waals surface area (Å²) in [5.74, 6) is -0.456. The third-order valence-corrected chi connectivity index (χ3v) is 6.27. The van der Waals surface area contributed by atoms with Gasteiger partial charge in [0.25, 0.3) is 0 Å². The second kappa shape index (κ2) is 10.2. The summed E-state index contributed by atoms with van der Waals surface area (Å²) in [5.41, 5.74) is 2.70. The Balaban J connectivity index is 1.51. The molecule has 5 nitrogen and oxygen atoms in total. The van der Waals surface area contributed by atoms with Crippen LogP contribution in [0.1, 0.15) is 23.2 Å². The standard InChI is InChI=1S/C25H23Cl2N3O2/c26-22-10-9-19(12-23(22)27)15-30(17-21-8-4-5-11-28-21)25(32)20-13-24(31)29(16-20)14-18-6-2-1-3-7-18/h1-12,20H,13-17H2. The van der Waals surface area contributed by atoms with E-state index in [-0.39, 0.29) is 18.2 Å². The highest BCUT2D eigenvalue weighted by molar-refractivity contribution is 6.42. The maximum absolute atomic E-state index is 13.5. The molecule has 1 unspecified atom stereocenters. The summed E-state index contributed by atoms with van der Waals surface area (Å²) in [6.45, 7) is 1.63. The van der Waals surface area contributed by atoms with Crippen LogP contribution < -0.4 is 0 Å². The molecule has 1 aliphatic rings. The molecule has 1 saturated heterocycles. The molecule has 1 atom stereocenters. The van der Waals surface area contributed by atoms with Gasteiger partial charge in [0.1, 0.15) is 0 Å². The van der Waals surface area contributed by atoms with Gasteiger partial charge in [0.05, 0.1) is 28.2 Å². The van der Waals surface area contributed by atoms with Crippen LogP contribution in [-0.4, -0.2) is 33.1 Å². The SMILES string of the molecule is O=C1CC(C(=O)N(Cc2ccc(Cl)c(Cl)c2)Cc2ccccn2)CN1Cc1ccccc1. The summed E-state index contributed by atoms with van der Waals surface area (Å²) in [6.07, 6.45) is 1.92. The highest BCUT2D eigenvalue weighted by Crippen LogP contribution is 2.26. The van der Waals surface area contributed by atoms with Gasteiger partial charge in [-0.25, -0.2) is 0 Å². The fourth-order valence-electron chi connectivity index (χ4n) is 3.91. The zero-order valence-electron chi connectivity index (χ0n) is 17.5. The summed E-state index contributed by atoms with van der Waals surface area (Å²) in [5, 5.41) is 0.912. The highest BCUT2D eigenvalue weighted by Gasteiger charge is 2.36. The minimum atomic E-state index is -0.391. The van der Waals surface area contributed by atoms with E-state index in [0.29, 0.717) is 36.2 Å². The van der Waals surface area contributed by atoms with Crippen LogP contribution in [0.2, 0.25) is 10.0 Å². The molecule has 2 heterocycles. The zero-order chi connectivity index (χ0) is 22.5. The van der Waals surface area contributed by atoms with E-state index in [2.05, 4.69) is 4.98 Å². The van der Waals surface area contributed by atoms with E-state index in [1.165, 1.54) is 0 Å². The molecule has 164 valence electrons. The van der Waals surface area contributed by atoms with Gasteiger partial charge in [-0.2, -0.15) is 0 Å². The molecule has 1 aliphatic heterocycles. The van der Waals surface area contributed by atoms with Crippen LogP contribution in [-0.2, 0) is 29.2 Å². The number of halogens is 2. The van der Waals surface area contributed by atoms with Crippen molar-refractivity contribution in [2.75, 3.05) is 6.54 Å². The van der Waals surface area contributed by atoms with Crippen molar-refractivity contribution >= 4 is 35.0 Å². The van der Waals surface area contributed by atoms with Crippen molar-refractivity contribution in [2.45, 2.75) is 26.1 Å². The van der Waals surface area contributed by atoms with Crippen molar-refractivity contribution in [3.63, 3.8) is 0 Å². The molecule has 1 fully saturated rings. The summed E-state index contributed by atoms with van der Waals surface area (Å²) in [4.78, 5) is 34.0. The molecule has 32 heavy (non-hydrogen) atoms. The number of pyridine rings is 1. The molecule has 3 aromatic rings. The average molecular weight is 468 g/mol. The van der Waals surface area contributed by atoms with Crippen molar-refractivity contribution in [3.05, 3.63) is 99.8 Å². The minimum absolute atomic E-state index is 0.000438. The second-order valence-corrected chi connectivity index (χ2v) is 8.74. The first-order chi connectivity index (χ1) is 15.5. The summed E-state index contributed by atoms with van der Waals surface area (Å²) in [6, 6.07) is 20.8. The van der Waals surface area contributed by atoms with E-state index < -0.39 is 5.92 Å². The van der Waals surface area contributed by atoms with Gasteiger partial charge < -0.3 is 9.80 Å². The fourth-order valence-corrected chi connectivity index (χ4v) is 4.23. The lowest BCUT2D eigenvalue weighted by molar-refractivity contribution is -0.137. The Kier molecular flexibility index (Phi) is 7.08. The molecule has 0 spiro atoms. The van der Waals surface area contributed by atoms with Crippen molar-refractivity contribution in [1.29, 1.82) is 0 Å². The van der Waals surface area contributed by atoms with Gasteiger partial charge in [-0.1, -0.05) is 65.7 Å². The lowest BCUT2D eigenvalue weighted by atomic mass is 10.1. The summed E-state index contributed by atoms with van der Waals surface area (Å²) >= 11 is 12.2. The van der Waals surface area contributed by atoms with E-state index in [0.717, 1.165) is 16.8 Å². The van der Waals surface area contributed by atoms with Crippen molar-refractivity contribution < 1.29 is 9.59 Å². The topological polar surface area (TPSA) is 53.5 Å². The van der Waals surface area contributed by atoms with Crippen molar-refractivity contribution in [1.82, 2.24) is 14.8 Å². The zero-order valence-corrected chi connectivity index (χ0v) is 19.0. The number of carbonyl (C=O) groups is 2. The number of rotatable bonds is 7. The van der Waals surface area contributed by atoms with E-state index in [4.69, 9.17) is 23.2 Å². The monoisotopic (exact) mass is 467 g/mol. The molecule has 0 radical (unpaired) electrons. The molecule has 0 saturated carbocycles. The third kappa shape index (κ3) is 5.47. The molecule has 2 amide bonds.